The van der Waals surface area contributed by atoms with E-state index in [-0.39, 0.29) is 16.7 Å². The highest BCUT2D eigenvalue weighted by atomic mass is 19.1. The number of halogens is 1. The monoisotopic (exact) mass is 182 g/mol. The van der Waals surface area contributed by atoms with E-state index < -0.39 is 11.8 Å². The molecule has 0 fully saturated rings. The van der Waals surface area contributed by atoms with Crippen LogP contribution in [-0.2, 0) is 0 Å². The maximum Gasteiger partial charge on any atom is 0.336 e. The number of carbonyl (C=O) groups excluding carboxylic acids is 1. The Bertz CT molecular complexity index is 371. The number of hydrogen-bond donors (Lipinski definition) is 1. The molecule has 0 aromatic heterocycles. The summed E-state index contributed by atoms with van der Waals surface area (Å²) in [5, 5.41) is 8.63. The Labute approximate surface area is 73.8 Å². The molecule has 0 aliphatic heterocycles. The standard InChI is InChI=1S/C9H7FO3/c1-5-6(4-11)2-7(10)3-8(5)9(12)13/h2-4H,1H3,(H,12,13). The van der Waals surface area contributed by atoms with Crippen LogP contribution in [0.3, 0.4) is 0 Å². The summed E-state index contributed by atoms with van der Waals surface area (Å²) in [6.07, 6.45) is 0.435. The number of benzene rings is 1. The summed E-state index contributed by atoms with van der Waals surface area (Å²) in [6.45, 7) is 1.46. The van der Waals surface area contributed by atoms with E-state index in [0.29, 0.717) is 6.29 Å². The summed E-state index contributed by atoms with van der Waals surface area (Å²) in [6, 6.07) is 1.90. The van der Waals surface area contributed by atoms with Gasteiger partial charge in [-0.3, -0.25) is 4.79 Å². The third-order valence-electron chi connectivity index (χ3n) is 1.77. The summed E-state index contributed by atoms with van der Waals surface area (Å²) in [7, 11) is 0. The number of carbonyl (C=O) groups is 2. The Hall–Kier alpha value is -1.71. The molecule has 1 aromatic carbocycles. The zero-order chi connectivity index (χ0) is 10.0. The van der Waals surface area contributed by atoms with Crippen LogP contribution in [-0.4, -0.2) is 17.4 Å². The third kappa shape index (κ3) is 1.72. The third-order valence-corrected chi connectivity index (χ3v) is 1.77. The SMILES string of the molecule is Cc1c(C=O)cc(F)cc1C(=O)O. The molecule has 0 aliphatic carbocycles. The second-order valence-corrected chi connectivity index (χ2v) is 2.59. The molecular formula is C9H7FO3. The second kappa shape index (κ2) is 3.35. The van der Waals surface area contributed by atoms with Gasteiger partial charge in [0.2, 0.25) is 0 Å². The first kappa shape index (κ1) is 9.38. The summed E-state index contributed by atoms with van der Waals surface area (Å²) < 4.78 is 12.7. The molecular weight excluding hydrogens is 175 g/mol. The molecule has 0 unspecified atom stereocenters. The van der Waals surface area contributed by atoms with Crippen LogP contribution in [0.25, 0.3) is 0 Å². The molecule has 0 saturated carbocycles. The topological polar surface area (TPSA) is 54.4 Å². The average Bonchev–Trinajstić information content (AvgIpc) is 2.08. The Kier molecular flexibility index (Phi) is 2.41. The lowest BCUT2D eigenvalue weighted by molar-refractivity contribution is 0.0695. The first-order valence-electron chi connectivity index (χ1n) is 3.55. The minimum atomic E-state index is -1.24. The van der Waals surface area contributed by atoms with Crippen LogP contribution in [0.5, 0.6) is 0 Å². The van der Waals surface area contributed by atoms with Gasteiger partial charge in [-0.1, -0.05) is 0 Å². The average molecular weight is 182 g/mol. The fraction of sp³-hybridized carbons (Fsp3) is 0.111. The van der Waals surface area contributed by atoms with E-state index >= 15 is 0 Å². The van der Waals surface area contributed by atoms with Gasteiger partial charge in [0.25, 0.3) is 0 Å². The fourth-order valence-corrected chi connectivity index (χ4v) is 1.04. The number of rotatable bonds is 2. The van der Waals surface area contributed by atoms with Crippen LogP contribution in [0.2, 0.25) is 0 Å². The molecule has 1 N–H and O–H groups in total. The van der Waals surface area contributed by atoms with Gasteiger partial charge in [-0.15, -0.1) is 0 Å². The van der Waals surface area contributed by atoms with E-state index in [9.17, 15) is 14.0 Å². The number of aromatic carboxylic acids is 1. The number of hydrogen-bond acceptors (Lipinski definition) is 2. The minimum absolute atomic E-state index is 0.0670. The van der Waals surface area contributed by atoms with Crippen molar-refractivity contribution in [1.29, 1.82) is 0 Å². The van der Waals surface area contributed by atoms with Crippen molar-refractivity contribution in [1.82, 2.24) is 0 Å². The van der Waals surface area contributed by atoms with Gasteiger partial charge in [0.1, 0.15) is 12.1 Å². The summed E-state index contributed by atoms with van der Waals surface area (Å²) in [4.78, 5) is 21.0. The normalized spacial score (nSPS) is 9.69. The van der Waals surface area contributed by atoms with Gasteiger partial charge in [0.05, 0.1) is 5.56 Å². The molecule has 0 heterocycles. The van der Waals surface area contributed by atoms with Crippen LogP contribution < -0.4 is 0 Å². The summed E-state index contributed by atoms with van der Waals surface area (Å²) in [5.74, 6) is -1.95. The molecule has 1 rings (SSSR count). The van der Waals surface area contributed by atoms with Crippen molar-refractivity contribution in [2.45, 2.75) is 6.92 Å². The van der Waals surface area contributed by atoms with Gasteiger partial charge in [-0.25, -0.2) is 9.18 Å². The van der Waals surface area contributed by atoms with Crippen LogP contribution in [0.1, 0.15) is 26.3 Å². The van der Waals surface area contributed by atoms with E-state index in [0.717, 1.165) is 12.1 Å². The molecule has 0 saturated heterocycles. The van der Waals surface area contributed by atoms with Crippen LogP contribution in [0, 0.1) is 12.7 Å². The molecule has 0 amide bonds. The largest absolute Gasteiger partial charge is 0.478 e. The molecule has 4 heteroatoms. The molecule has 0 atom stereocenters. The van der Waals surface area contributed by atoms with Crippen molar-refractivity contribution in [2.24, 2.45) is 0 Å². The highest BCUT2D eigenvalue weighted by molar-refractivity contribution is 5.92. The van der Waals surface area contributed by atoms with E-state index in [1.54, 1.807) is 0 Å². The van der Waals surface area contributed by atoms with E-state index in [1.807, 2.05) is 0 Å². The number of carboxylic acid groups (broad SMARTS) is 1. The van der Waals surface area contributed by atoms with Crippen molar-refractivity contribution >= 4 is 12.3 Å². The molecule has 0 radical (unpaired) electrons. The second-order valence-electron chi connectivity index (χ2n) is 2.59. The van der Waals surface area contributed by atoms with E-state index in [4.69, 9.17) is 5.11 Å². The van der Waals surface area contributed by atoms with Gasteiger partial charge in [-0.2, -0.15) is 0 Å². The number of aldehydes is 1. The van der Waals surface area contributed by atoms with Gasteiger partial charge in [-0.05, 0) is 24.6 Å². The lowest BCUT2D eigenvalue weighted by Crippen LogP contribution is -2.03. The summed E-state index contributed by atoms with van der Waals surface area (Å²) >= 11 is 0. The lowest BCUT2D eigenvalue weighted by Gasteiger charge is -2.03. The Balaban J connectivity index is 3.44. The predicted molar refractivity (Wildman–Crippen MR) is 43.5 cm³/mol. The van der Waals surface area contributed by atoms with Crippen molar-refractivity contribution in [2.75, 3.05) is 0 Å². The first-order valence-corrected chi connectivity index (χ1v) is 3.55. The zero-order valence-corrected chi connectivity index (χ0v) is 6.87. The smallest absolute Gasteiger partial charge is 0.336 e. The predicted octanol–water partition coefficient (Wildman–Crippen LogP) is 1.64. The zero-order valence-electron chi connectivity index (χ0n) is 6.87. The van der Waals surface area contributed by atoms with Crippen molar-refractivity contribution in [3.8, 4) is 0 Å². The van der Waals surface area contributed by atoms with Gasteiger partial charge < -0.3 is 5.11 Å². The minimum Gasteiger partial charge on any atom is -0.478 e. The molecule has 1 aromatic rings. The highest BCUT2D eigenvalue weighted by Gasteiger charge is 2.12. The molecule has 0 spiro atoms. The quantitative estimate of drug-likeness (QED) is 0.707. The molecule has 68 valence electrons. The van der Waals surface area contributed by atoms with Crippen LogP contribution in [0.15, 0.2) is 12.1 Å². The van der Waals surface area contributed by atoms with Gasteiger partial charge in [0, 0.05) is 5.56 Å². The fourth-order valence-electron chi connectivity index (χ4n) is 1.04. The Morgan fingerprint density at radius 2 is 2.15 bits per heavy atom. The van der Waals surface area contributed by atoms with Crippen molar-refractivity contribution in [3.63, 3.8) is 0 Å². The molecule has 0 aliphatic rings. The van der Waals surface area contributed by atoms with Gasteiger partial charge >= 0.3 is 5.97 Å². The maximum absolute atomic E-state index is 12.7. The van der Waals surface area contributed by atoms with Gasteiger partial charge in [0.15, 0.2) is 0 Å². The highest BCUT2D eigenvalue weighted by Crippen LogP contribution is 2.14. The lowest BCUT2D eigenvalue weighted by atomic mass is 10.0. The van der Waals surface area contributed by atoms with E-state index in [1.165, 1.54) is 6.92 Å². The summed E-state index contributed by atoms with van der Waals surface area (Å²) in [5.41, 5.74) is 0.170. The Morgan fingerprint density at radius 3 is 2.62 bits per heavy atom. The Morgan fingerprint density at radius 1 is 1.54 bits per heavy atom. The van der Waals surface area contributed by atoms with E-state index in [2.05, 4.69) is 0 Å². The van der Waals surface area contributed by atoms with Crippen LogP contribution in [0.4, 0.5) is 4.39 Å². The first-order chi connectivity index (χ1) is 6.06. The molecule has 13 heavy (non-hydrogen) atoms. The molecule has 3 nitrogen and oxygen atoms in total. The maximum atomic E-state index is 12.7. The van der Waals surface area contributed by atoms with Crippen LogP contribution >= 0.6 is 0 Å². The van der Waals surface area contributed by atoms with Crippen molar-refractivity contribution in [3.05, 3.63) is 34.6 Å². The molecule has 0 bridgehead atoms. The number of carboxylic acids is 1. The van der Waals surface area contributed by atoms with Crippen molar-refractivity contribution < 1.29 is 19.1 Å².